The lowest BCUT2D eigenvalue weighted by Crippen LogP contribution is -2.29. The molecular weight excluding hydrogens is 220 g/mol. The van der Waals surface area contributed by atoms with Crippen molar-refractivity contribution in [3.63, 3.8) is 0 Å². The van der Waals surface area contributed by atoms with Gasteiger partial charge in [0, 0.05) is 13.2 Å². The van der Waals surface area contributed by atoms with E-state index in [1.165, 1.54) is 4.90 Å². The Hall–Kier alpha value is -1.91. The summed E-state index contributed by atoms with van der Waals surface area (Å²) in [6, 6.07) is 3.48. The normalized spacial score (nSPS) is 10.1. The van der Waals surface area contributed by atoms with Crippen molar-refractivity contribution in [2.45, 2.75) is 26.4 Å². The third-order valence-electron chi connectivity index (χ3n) is 2.07. The van der Waals surface area contributed by atoms with E-state index in [1.54, 1.807) is 45.4 Å². The monoisotopic (exact) mass is 236 g/mol. The van der Waals surface area contributed by atoms with Gasteiger partial charge in [-0.1, -0.05) is 0 Å². The van der Waals surface area contributed by atoms with Gasteiger partial charge in [0.1, 0.15) is 6.42 Å². The van der Waals surface area contributed by atoms with E-state index in [0.29, 0.717) is 5.69 Å². The first-order valence-corrected chi connectivity index (χ1v) is 5.36. The van der Waals surface area contributed by atoms with E-state index >= 15 is 0 Å². The van der Waals surface area contributed by atoms with E-state index in [1.807, 2.05) is 0 Å². The lowest BCUT2D eigenvalue weighted by atomic mass is 10.3. The maximum absolute atomic E-state index is 11.7. The second-order valence-corrected chi connectivity index (χ2v) is 3.88. The number of carbonyl (C=O) groups excluding carboxylic acids is 2. The molecule has 0 saturated heterocycles. The molecule has 5 nitrogen and oxygen atoms in total. The van der Waals surface area contributed by atoms with Crippen molar-refractivity contribution in [3.05, 3.63) is 24.5 Å². The Balaban J connectivity index is 2.56. The van der Waals surface area contributed by atoms with Gasteiger partial charge in [0.15, 0.2) is 0 Å². The summed E-state index contributed by atoms with van der Waals surface area (Å²) in [6.07, 6.45) is 2.71. The molecule has 0 atom stereocenters. The van der Waals surface area contributed by atoms with Gasteiger partial charge < -0.3 is 9.64 Å². The summed E-state index contributed by atoms with van der Waals surface area (Å²) in [5.41, 5.74) is 0.648. The van der Waals surface area contributed by atoms with Crippen molar-refractivity contribution < 1.29 is 14.3 Å². The molecule has 0 N–H and O–H groups in total. The minimum absolute atomic E-state index is 0.209. The smallest absolute Gasteiger partial charge is 0.315 e. The van der Waals surface area contributed by atoms with Gasteiger partial charge in [-0.2, -0.15) is 0 Å². The summed E-state index contributed by atoms with van der Waals surface area (Å²) in [4.78, 5) is 28.3. The standard InChI is InChI=1S/C12H16N2O3/c1-9(2)17-12(16)7-11(15)14(3)10-5-4-6-13-8-10/h4-6,8-9H,7H2,1-3H3. The SMILES string of the molecule is CC(C)OC(=O)CC(=O)N(C)c1cccnc1. The Morgan fingerprint density at radius 2 is 2.18 bits per heavy atom. The van der Waals surface area contributed by atoms with Gasteiger partial charge in [-0.05, 0) is 26.0 Å². The molecule has 0 bridgehead atoms. The maximum atomic E-state index is 11.7. The van der Waals surface area contributed by atoms with Gasteiger partial charge in [-0.3, -0.25) is 14.6 Å². The van der Waals surface area contributed by atoms with Crippen LogP contribution in [0.3, 0.4) is 0 Å². The number of pyridine rings is 1. The lowest BCUT2D eigenvalue weighted by Gasteiger charge is -2.16. The molecule has 1 rings (SSSR count). The Morgan fingerprint density at radius 3 is 2.71 bits per heavy atom. The zero-order valence-electron chi connectivity index (χ0n) is 10.2. The number of rotatable bonds is 4. The number of ether oxygens (including phenoxy) is 1. The Kier molecular flexibility index (Phi) is 4.63. The fourth-order valence-electron chi connectivity index (χ4n) is 1.24. The summed E-state index contributed by atoms with van der Waals surface area (Å²) in [6.45, 7) is 3.49. The van der Waals surface area contributed by atoms with Crippen molar-refractivity contribution >= 4 is 17.6 Å². The van der Waals surface area contributed by atoms with Crippen molar-refractivity contribution in [1.29, 1.82) is 0 Å². The summed E-state index contributed by atoms with van der Waals surface area (Å²) in [5.74, 6) is -0.829. The molecule has 17 heavy (non-hydrogen) atoms. The van der Waals surface area contributed by atoms with Crippen LogP contribution < -0.4 is 4.90 Å². The second kappa shape index (κ2) is 5.98. The van der Waals surface area contributed by atoms with Gasteiger partial charge in [0.05, 0.1) is 18.0 Å². The summed E-state index contributed by atoms with van der Waals surface area (Å²) >= 11 is 0. The minimum Gasteiger partial charge on any atom is -0.463 e. The van der Waals surface area contributed by atoms with E-state index in [9.17, 15) is 9.59 Å². The minimum atomic E-state index is -0.513. The Bertz CT molecular complexity index is 390. The number of amides is 1. The number of anilines is 1. The molecule has 0 fully saturated rings. The van der Waals surface area contributed by atoms with Crippen LogP contribution in [-0.2, 0) is 14.3 Å². The van der Waals surface area contributed by atoms with Crippen LogP contribution in [0.1, 0.15) is 20.3 Å². The predicted molar refractivity (Wildman–Crippen MR) is 63.5 cm³/mol. The molecule has 0 spiro atoms. The molecule has 0 radical (unpaired) electrons. The van der Waals surface area contributed by atoms with Crippen LogP contribution in [0.5, 0.6) is 0 Å². The van der Waals surface area contributed by atoms with E-state index in [2.05, 4.69) is 4.98 Å². The quantitative estimate of drug-likeness (QED) is 0.585. The largest absolute Gasteiger partial charge is 0.463 e. The molecule has 1 aromatic rings. The number of hydrogen-bond acceptors (Lipinski definition) is 4. The average molecular weight is 236 g/mol. The van der Waals surface area contributed by atoms with E-state index in [-0.39, 0.29) is 18.4 Å². The van der Waals surface area contributed by atoms with E-state index < -0.39 is 5.97 Å². The first-order valence-electron chi connectivity index (χ1n) is 5.36. The second-order valence-electron chi connectivity index (χ2n) is 3.88. The van der Waals surface area contributed by atoms with Crippen LogP contribution in [-0.4, -0.2) is 30.0 Å². The fraction of sp³-hybridized carbons (Fsp3) is 0.417. The molecule has 5 heteroatoms. The van der Waals surface area contributed by atoms with Gasteiger partial charge in [0.25, 0.3) is 0 Å². The first-order chi connectivity index (χ1) is 8.00. The van der Waals surface area contributed by atoms with E-state index in [4.69, 9.17) is 4.74 Å². The highest BCUT2D eigenvalue weighted by Crippen LogP contribution is 2.10. The third-order valence-corrected chi connectivity index (χ3v) is 2.07. The number of hydrogen-bond donors (Lipinski definition) is 0. The molecule has 0 aliphatic carbocycles. The van der Waals surface area contributed by atoms with E-state index in [0.717, 1.165) is 0 Å². The number of esters is 1. The molecule has 92 valence electrons. The fourth-order valence-corrected chi connectivity index (χ4v) is 1.24. The summed E-state index contributed by atoms with van der Waals surface area (Å²) in [5, 5.41) is 0. The van der Waals surface area contributed by atoms with Crippen LogP contribution in [0.25, 0.3) is 0 Å². The maximum Gasteiger partial charge on any atom is 0.315 e. The van der Waals surface area contributed by atoms with Gasteiger partial charge in [-0.15, -0.1) is 0 Å². The highest BCUT2D eigenvalue weighted by Gasteiger charge is 2.17. The number of carbonyl (C=O) groups is 2. The van der Waals surface area contributed by atoms with Gasteiger partial charge in [-0.25, -0.2) is 0 Å². The molecule has 0 unspecified atom stereocenters. The molecule has 1 aromatic heterocycles. The Morgan fingerprint density at radius 1 is 1.47 bits per heavy atom. The van der Waals surface area contributed by atoms with Crippen molar-refractivity contribution in [2.75, 3.05) is 11.9 Å². The number of aromatic nitrogens is 1. The summed E-state index contributed by atoms with van der Waals surface area (Å²) in [7, 11) is 1.60. The molecular formula is C12H16N2O3. The highest BCUT2D eigenvalue weighted by molar-refractivity contribution is 6.03. The topological polar surface area (TPSA) is 59.5 Å². The first kappa shape index (κ1) is 13.2. The molecule has 1 heterocycles. The van der Waals surface area contributed by atoms with Crippen LogP contribution in [0.4, 0.5) is 5.69 Å². The average Bonchev–Trinajstić information content (AvgIpc) is 2.28. The van der Waals surface area contributed by atoms with Crippen molar-refractivity contribution in [1.82, 2.24) is 4.98 Å². The predicted octanol–water partition coefficient (Wildman–Crippen LogP) is 1.39. The molecule has 1 amide bonds. The molecule has 0 saturated carbocycles. The molecule has 0 aromatic carbocycles. The van der Waals surface area contributed by atoms with Crippen LogP contribution in [0.2, 0.25) is 0 Å². The summed E-state index contributed by atoms with van der Waals surface area (Å²) < 4.78 is 4.90. The van der Waals surface area contributed by atoms with Crippen LogP contribution in [0, 0.1) is 0 Å². The van der Waals surface area contributed by atoms with Crippen LogP contribution >= 0.6 is 0 Å². The third kappa shape index (κ3) is 4.22. The zero-order chi connectivity index (χ0) is 12.8. The lowest BCUT2D eigenvalue weighted by molar-refractivity contribution is -0.149. The van der Waals surface area contributed by atoms with Crippen LogP contribution in [0.15, 0.2) is 24.5 Å². The van der Waals surface area contributed by atoms with Gasteiger partial charge >= 0.3 is 5.97 Å². The molecule has 0 aliphatic heterocycles. The van der Waals surface area contributed by atoms with Gasteiger partial charge in [0.2, 0.25) is 5.91 Å². The Labute approximate surface area is 100 Å². The highest BCUT2D eigenvalue weighted by atomic mass is 16.5. The number of nitrogens with zero attached hydrogens (tertiary/aromatic N) is 2. The van der Waals surface area contributed by atoms with Crippen molar-refractivity contribution in [3.8, 4) is 0 Å². The molecule has 0 aliphatic rings. The zero-order valence-corrected chi connectivity index (χ0v) is 10.2. The van der Waals surface area contributed by atoms with Crippen molar-refractivity contribution in [2.24, 2.45) is 0 Å².